The fourth-order valence-corrected chi connectivity index (χ4v) is 5.72. The average molecular weight is 433 g/mol. The number of nitrogens with zero attached hydrogens (tertiary/aromatic N) is 1. The predicted octanol–water partition coefficient (Wildman–Crippen LogP) is -4.67. The average Bonchev–Trinajstić information content (AvgIpc) is 3.26. The van der Waals surface area contributed by atoms with Crippen LogP contribution in [0.3, 0.4) is 0 Å². The minimum atomic E-state index is -1.31. The van der Waals surface area contributed by atoms with Crippen LogP contribution in [0.4, 0.5) is 0 Å². The summed E-state index contributed by atoms with van der Waals surface area (Å²) in [6.45, 7) is 4.49. The molecule has 3 saturated heterocycles. The van der Waals surface area contributed by atoms with Crippen molar-refractivity contribution in [1.82, 2.24) is 15.5 Å². The second kappa shape index (κ2) is 9.93. The van der Waals surface area contributed by atoms with Crippen LogP contribution in [0.5, 0.6) is 0 Å². The number of imide groups is 1. The summed E-state index contributed by atoms with van der Waals surface area (Å²) in [5, 5.41) is 24.8. The minimum absolute atomic E-state index is 0. The van der Waals surface area contributed by atoms with Crippen molar-refractivity contribution in [1.29, 1.82) is 0 Å². The Kier molecular flexibility index (Phi) is 8.34. The van der Waals surface area contributed by atoms with Crippen LogP contribution < -0.4 is 45.3 Å². The summed E-state index contributed by atoms with van der Waals surface area (Å²) in [4.78, 5) is 48.5. The van der Waals surface area contributed by atoms with Gasteiger partial charge in [-0.1, -0.05) is 6.92 Å². The van der Waals surface area contributed by atoms with E-state index in [-0.39, 0.29) is 95.2 Å². The van der Waals surface area contributed by atoms with Crippen LogP contribution in [0.25, 0.3) is 0 Å². The number of aliphatic carboxylic acids is 1. The Morgan fingerprint density at radius 2 is 1.97 bits per heavy atom. The van der Waals surface area contributed by atoms with E-state index >= 15 is 0 Å². The number of aliphatic hydroxyl groups is 1. The van der Waals surface area contributed by atoms with Crippen molar-refractivity contribution in [2.24, 2.45) is 11.8 Å². The molecule has 11 heteroatoms. The molecule has 5 unspecified atom stereocenters. The van der Waals surface area contributed by atoms with Crippen LogP contribution in [0.1, 0.15) is 33.1 Å². The summed E-state index contributed by atoms with van der Waals surface area (Å²) in [6.07, 6.45) is 1.24. The third-order valence-corrected chi connectivity index (χ3v) is 7.06. The summed E-state index contributed by atoms with van der Waals surface area (Å²) in [7, 11) is 0. The molecule has 9 nitrogen and oxygen atoms in total. The van der Waals surface area contributed by atoms with Crippen LogP contribution >= 0.6 is 11.8 Å². The summed E-state index contributed by atoms with van der Waals surface area (Å²) < 4.78 is 0. The maximum absolute atomic E-state index is 11.8. The Morgan fingerprint density at radius 3 is 2.48 bits per heavy atom. The van der Waals surface area contributed by atoms with Crippen molar-refractivity contribution in [3.63, 3.8) is 0 Å². The second-order valence-corrected chi connectivity index (χ2v) is 8.70. The topological polar surface area (TPSA) is 139 Å². The molecule has 0 bridgehead atoms. The molecule has 0 aromatic heterocycles. The first-order valence-electron chi connectivity index (χ1n) is 9.40. The van der Waals surface area contributed by atoms with Gasteiger partial charge in [0.1, 0.15) is 0 Å². The third-order valence-electron chi connectivity index (χ3n) is 5.55. The zero-order valence-corrected chi connectivity index (χ0v) is 19.6. The first-order valence-corrected chi connectivity index (χ1v) is 10.3. The van der Waals surface area contributed by atoms with E-state index in [1.807, 2.05) is 6.92 Å². The predicted molar refractivity (Wildman–Crippen MR) is 98.3 cm³/mol. The summed E-state index contributed by atoms with van der Waals surface area (Å²) in [5.41, 5.74) is 0.0102. The van der Waals surface area contributed by atoms with E-state index in [0.717, 1.165) is 0 Å². The fourth-order valence-electron chi connectivity index (χ4n) is 4.21. The fraction of sp³-hybridized carbons (Fsp3) is 0.667. The van der Waals surface area contributed by atoms with E-state index in [9.17, 15) is 24.3 Å². The van der Waals surface area contributed by atoms with Gasteiger partial charge >= 0.3 is 29.6 Å². The zero-order chi connectivity index (χ0) is 20.6. The molecule has 0 spiro atoms. The maximum Gasteiger partial charge on any atom is 1.00 e. The Labute approximate surface area is 195 Å². The van der Waals surface area contributed by atoms with Gasteiger partial charge in [-0.3, -0.25) is 19.7 Å². The molecule has 0 aliphatic carbocycles. The van der Waals surface area contributed by atoms with Gasteiger partial charge in [0.25, 0.3) is 0 Å². The number of carboxylic acids is 1. The number of β-lactam (4-membered cyclic amide) rings is 1. The molecular formula is C18H24N3NaO6S. The Balaban J connectivity index is 0.000000708. The molecule has 5 atom stereocenters. The molecule has 3 amide bonds. The van der Waals surface area contributed by atoms with Crippen molar-refractivity contribution < 1.29 is 58.9 Å². The van der Waals surface area contributed by atoms with Gasteiger partial charge in [0, 0.05) is 48.1 Å². The molecule has 3 N–H and O–H groups in total. The van der Waals surface area contributed by atoms with E-state index < -0.39 is 5.97 Å². The number of nitrogens with one attached hydrogen (secondary N) is 2. The molecule has 4 aliphatic rings. The molecule has 3 fully saturated rings. The van der Waals surface area contributed by atoms with E-state index in [4.69, 9.17) is 5.11 Å². The second-order valence-electron chi connectivity index (χ2n) is 7.35. The smallest absolute Gasteiger partial charge is 0.543 e. The standard InChI is InChI=1S/C16H19N3O5S.C2H6O.Na/c1-6-10-4-12(21)19(10)13(16(23)24)14(6)25-7-2-9(17-5-7)8-3-11(20)18-15(8)22;1-2-3;/h6-10,17H,2-5H2,1H3,(H,23,24)(H,18,20,22);3H,2H2,1H3;/q;;+1/p-1. The number of carbonyl (C=O) groups is 4. The molecule has 4 aliphatic heterocycles. The van der Waals surface area contributed by atoms with E-state index in [1.165, 1.54) is 16.7 Å². The number of hydrogen-bond donors (Lipinski definition) is 3. The maximum atomic E-state index is 11.8. The number of fused-ring (bicyclic) bond motifs is 1. The largest absolute Gasteiger partial charge is 1.00 e. The quantitative estimate of drug-likeness (QED) is 0.229. The van der Waals surface area contributed by atoms with Gasteiger partial charge < -0.3 is 25.2 Å². The van der Waals surface area contributed by atoms with Gasteiger partial charge in [0.05, 0.1) is 23.6 Å². The molecule has 0 saturated carbocycles. The Bertz CT molecular complexity index is 745. The number of carbonyl (C=O) groups excluding carboxylic acids is 4. The van der Waals surface area contributed by atoms with Crippen molar-refractivity contribution in [3.8, 4) is 0 Å². The van der Waals surface area contributed by atoms with E-state index in [1.54, 1.807) is 6.92 Å². The monoisotopic (exact) mass is 433 g/mol. The first-order chi connectivity index (χ1) is 13.3. The van der Waals surface area contributed by atoms with Crippen molar-refractivity contribution in [2.45, 2.75) is 50.4 Å². The van der Waals surface area contributed by atoms with Crippen LogP contribution in [-0.4, -0.2) is 64.2 Å². The van der Waals surface area contributed by atoms with Gasteiger partial charge in [-0.25, -0.2) is 0 Å². The van der Waals surface area contributed by atoms with Gasteiger partial charge in [0.2, 0.25) is 17.7 Å². The number of amides is 3. The number of thioether (sulfide) groups is 1. The molecule has 0 aromatic carbocycles. The molecule has 154 valence electrons. The zero-order valence-electron chi connectivity index (χ0n) is 16.8. The summed E-state index contributed by atoms with van der Waals surface area (Å²) >= 11 is 1.46. The van der Waals surface area contributed by atoms with Gasteiger partial charge in [-0.05, 0) is 13.3 Å². The van der Waals surface area contributed by atoms with Crippen LogP contribution in [0.15, 0.2) is 10.6 Å². The van der Waals surface area contributed by atoms with Crippen molar-refractivity contribution in [3.05, 3.63) is 10.6 Å². The first kappa shape index (κ1) is 24.4. The summed E-state index contributed by atoms with van der Waals surface area (Å²) in [5.74, 6) is -2.36. The van der Waals surface area contributed by atoms with Crippen LogP contribution in [-0.2, 0) is 19.2 Å². The molecule has 4 rings (SSSR count). The van der Waals surface area contributed by atoms with Gasteiger partial charge in [-0.2, -0.15) is 0 Å². The molecule has 0 aromatic rings. The Hall–Kier alpha value is -0.910. The van der Waals surface area contributed by atoms with E-state index in [2.05, 4.69) is 10.6 Å². The van der Waals surface area contributed by atoms with E-state index in [0.29, 0.717) is 24.3 Å². The number of rotatable bonds is 4. The molecule has 0 radical (unpaired) electrons. The SMILES string of the molecule is CC1C(SC2CNC(C3CC(=O)NC3=O)C2)=C(C(=O)[O-])N2C(=O)CC12.CCO.[Na+]. The molecular weight excluding hydrogens is 409 g/mol. The minimum Gasteiger partial charge on any atom is -0.543 e. The summed E-state index contributed by atoms with van der Waals surface area (Å²) in [6, 6.07) is -0.169. The number of carboxylic acid groups (broad SMARTS) is 1. The van der Waals surface area contributed by atoms with Crippen molar-refractivity contribution >= 4 is 35.5 Å². The van der Waals surface area contributed by atoms with Crippen molar-refractivity contribution in [2.75, 3.05) is 13.2 Å². The van der Waals surface area contributed by atoms with Gasteiger partial charge in [-0.15, -0.1) is 11.8 Å². The molecule has 29 heavy (non-hydrogen) atoms. The number of hydrogen-bond acceptors (Lipinski definition) is 8. The van der Waals surface area contributed by atoms with Crippen LogP contribution in [0, 0.1) is 11.8 Å². The normalized spacial score (nSPS) is 32.9. The van der Waals surface area contributed by atoms with Crippen LogP contribution in [0.2, 0.25) is 0 Å². The van der Waals surface area contributed by atoms with Gasteiger partial charge in [0.15, 0.2) is 0 Å². The third kappa shape index (κ3) is 4.72. The number of aliphatic hydroxyl groups excluding tert-OH is 1. The molecule has 4 heterocycles. The Morgan fingerprint density at radius 1 is 1.31 bits per heavy atom.